The second-order valence-corrected chi connectivity index (χ2v) is 3.22. The average Bonchev–Trinajstić information content (AvgIpc) is 2.60. The molecular formula is C9H14N2. The quantitative estimate of drug-likeness (QED) is 0.563. The van der Waals surface area contributed by atoms with Gasteiger partial charge >= 0.3 is 0 Å². The molecule has 1 heterocycles. The van der Waals surface area contributed by atoms with Crippen molar-refractivity contribution in [3.05, 3.63) is 12.2 Å². The van der Waals surface area contributed by atoms with Crippen LogP contribution in [0.1, 0.15) is 25.7 Å². The number of aliphatic imine (C=N–C) groups is 1. The van der Waals surface area contributed by atoms with Gasteiger partial charge in [0.15, 0.2) is 0 Å². The van der Waals surface area contributed by atoms with E-state index in [1.807, 2.05) is 0 Å². The number of amidine groups is 1. The van der Waals surface area contributed by atoms with Gasteiger partial charge in [0.1, 0.15) is 0 Å². The fourth-order valence-corrected chi connectivity index (χ4v) is 1.63. The van der Waals surface area contributed by atoms with Crippen molar-refractivity contribution in [3.63, 3.8) is 0 Å². The van der Waals surface area contributed by atoms with Crippen LogP contribution in [0.2, 0.25) is 0 Å². The maximum atomic E-state index is 4.38. The normalized spacial score (nSPS) is 24.2. The summed E-state index contributed by atoms with van der Waals surface area (Å²) in [5.41, 5.74) is 0. The molecule has 0 saturated carbocycles. The summed E-state index contributed by atoms with van der Waals surface area (Å²) in [5, 5.41) is 3.47. The van der Waals surface area contributed by atoms with Crippen LogP contribution in [0.3, 0.4) is 0 Å². The third-order valence-corrected chi connectivity index (χ3v) is 2.25. The van der Waals surface area contributed by atoms with Crippen molar-refractivity contribution in [2.75, 3.05) is 6.54 Å². The van der Waals surface area contributed by atoms with E-state index in [-0.39, 0.29) is 0 Å². The molecule has 2 heteroatoms. The molecule has 0 saturated heterocycles. The van der Waals surface area contributed by atoms with E-state index in [9.17, 15) is 0 Å². The van der Waals surface area contributed by atoms with Crippen molar-refractivity contribution in [2.24, 2.45) is 4.99 Å². The molecule has 0 aromatic heterocycles. The highest BCUT2D eigenvalue weighted by Crippen LogP contribution is 2.11. The Hall–Kier alpha value is -0.790. The number of rotatable bonds is 1. The van der Waals surface area contributed by atoms with Gasteiger partial charge in [-0.25, -0.2) is 0 Å². The number of hydrogen-bond acceptors (Lipinski definition) is 2. The zero-order valence-corrected chi connectivity index (χ0v) is 6.71. The third kappa shape index (κ3) is 1.62. The summed E-state index contributed by atoms with van der Waals surface area (Å²) < 4.78 is 0. The summed E-state index contributed by atoms with van der Waals surface area (Å²) in [6.45, 7) is 1.03. The Labute approximate surface area is 67.4 Å². The van der Waals surface area contributed by atoms with Crippen molar-refractivity contribution >= 4 is 5.84 Å². The Morgan fingerprint density at radius 1 is 1.36 bits per heavy atom. The molecule has 0 amide bonds. The smallest absolute Gasteiger partial charge is 0.0966 e. The molecule has 0 bridgehead atoms. The molecule has 1 N–H and O–H groups in total. The summed E-state index contributed by atoms with van der Waals surface area (Å²) in [5.74, 6) is 1.23. The molecule has 0 spiro atoms. The minimum atomic E-state index is 0.645. The second kappa shape index (κ2) is 3.07. The molecular weight excluding hydrogens is 136 g/mol. The second-order valence-electron chi connectivity index (χ2n) is 3.22. The molecule has 0 unspecified atom stereocenters. The molecule has 0 atom stereocenters. The van der Waals surface area contributed by atoms with E-state index in [1.54, 1.807) is 0 Å². The Bertz CT molecular complexity index is 186. The first kappa shape index (κ1) is 6.89. The van der Waals surface area contributed by atoms with Crippen molar-refractivity contribution in [1.82, 2.24) is 5.32 Å². The van der Waals surface area contributed by atoms with Gasteiger partial charge in [-0.2, -0.15) is 0 Å². The zero-order chi connectivity index (χ0) is 7.52. The summed E-state index contributed by atoms with van der Waals surface area (Å²) in [6, 6.07) is 0.645. The van der Waals surface area contributed by atoms with E-state index in [4.69, 9.17) is 0 Å². The lowest BCUT2D eigenvalue weighted by Crippen LogP contribution is -2.31. The maximum absolute atomic E-state index is 4.38. The molecule has 0 radical (unpaired) electrons. The van der Waals surface area contributed by atoms with E-state index in [1.165, 1.54) is 25.1 Å². The minimum absolute atomic E-state index is 0.645. The largest absolute Gasteiger partial charge is 0.370 e. The van der Waals surface area contributed by atoms with Crippen molar-refractivity contribution in [1.29, 1.82) is 0 Å². The molecule has 2 rings (SSSR count). The van der Waals surface area contributed by atoms with Gasteiger partial charge in [0, 0.05) is 19.0 Å². The topological polar surface area (TPSA) is 24.4 Å². The van der Waals surface area contributed by atoms with Crippen LogP contribution in [0.15, 0.2) is 17.1 Å². The molecule has 2 aliphatic rings. The van der Waals surface area contributed by atoms with E-state index in [0.717, 1.165) is 13.0 Å². The van der Waals surface area contributed by atoms with Gasteiger partial charge in [0.2, 0.25) is 0 Å². The van der Waals surface area contributed by atoms with Crippen molar-refractivity contribution in [2.45, 2.75) is 31.7 Å². The standard InChI is InChI=1S/C9H14N2/c1-2-5-8(4-1)11-9-6-3-7-10-9/h1-2,8H,3-7H2,(H,10,11). The summed E-state index contributed by atoms with van der Waals surface area (Å²) >= 11 is 0. The zero-order valence-electron chi connectivity index (χ0n) is 6.71. The van der Waals surface area contributed by atoms with E-state index < -0.39 is 0 Å². The fraction of sp³-hybridized carbons (Fsp3) is 0.667. The van der Waals surface area contributed by atoms with Gasteiger partial charge in [0.25, 0.3) is 0 Å². The minimum Gasteiger partial charge on any atom is -0.370 e. The van der Waals surface area contributed by atoms with Crippen LogP contribution in [-0.4, -0.2) is 18.4 Å². The predicted molar refractivity (Wildman–Crippen MR) is 46.8 cm³/mol. The van der Waals surface area contributed by atoms with Crippen LogP contribution in [0.4, 0.5) is 0 Å². The van der Waals surface area contributed by atoms with Gasteiger partial charge in [0.05, 0.1) is 5.84 Å². The van der Waals surface area contributed by atoms with Crippen LogP contribution in [0, 0.1) is 0 Å². The molecule has 60 valence electrons. The van der Waals surface area contributed by atoms with Gasteiger partial charge < -0.3 is 5.32 Å². The summed E-state index contributed by atoms with van der Waals surface area (Å²) in [6.07, 6.45) is 9.25. The highest BCUT2D eigenvalue weighted by molar-refractivity contribution is 5.83. The molecule has 1 aliphatic heterocycles. The molecule has 11 heavy (non-hydrogen) atoms. The number of nitrogens with one attached hydrogen (secondary N) is 1. The Kier molecular flexibility index (Phi) is 1.93. The molecule has 1 aliphatic carbocycles. The Balaban J connectivity index is 1.80. The Morgan fingerprint density at radius 2 is 2.18 bits per heavy atom. The van der Waals surface area contributed by atoms with Crippen molar-refractivity contribution < 1.29 is 0 Å². The van der Waals surface area contributed by atoms with E-state index in [0.29, 0.717) is 6.04 Å². The van der Waals surface area contributed by atoms with Crippen LogP contribution >= 0.6 is 0 Å². The summed E-state index contributed by atoms with van der Waals surface area (Å²) in [7, 11) is 0. The highest BCUT2D eigenvalue weighted by atomic mass is 15.0. The molecule has 0 fully saturated rings. The van der Waals surface area contributed by atoms with Gasteiger partial charge in [-0.15, -0.1) is 0 Å². The van der Waals surface area contributed by atoms with Crippen LogP contribution in [0.25, 0.3) is 0 Å². The first-order valence-corrected chi connectivity index (χ1v) is 4.40. The lowest BCUT2D eigenvalue weighted by Gasteiger charge is -2.12. The summed E-state index contributed by atoms with van der Waals surface area (Å²) in [4.78, 5) is 4.38. The highest BCUT2D eigenvalue weighted by Gasteiger charge is 2.13. The number of nitrogens with zero attached hydrogens (tertiary/aromatic N) is 1. The fourth-order valence-electron chi connectivity index (χ4n) is 1.63. The van der Waals surface area contributed by atoms with Gasteiger partial charge in [-0.1, -0.05) is 12.2 Å². The monoisotopic (exact) mass is 150 g/mol. The lowest BCUT2D eigenvalue weighted by atomic mass is 10.2. The van der Waals surface area contributed by atoms with Gasteiger partial charge in [-0.3, -0.25) is 4.99 Å². The maximum Gasteiger partial charge on any atom is 0.0966 e. The van der Waals surface area contributed by atoms with Crippen LogP contribution in [-0.2, 0) is 0 Å². The van der Waals surface area contributed by atoms with Crippen LogP contribution in [0.5, 0.6) is 0 Å². The SMILES string of the molecule is C1=CCC(NC2=NCCC2)C1. The third-order valence-electron chi connectivity index (χ3n) is 2.25. The van der Waals surface area contributed by atoms with Gasteiger partial charge in [-0.05, 0) is 19.3 Å². The van der Waals surface area contributed by atoms with Crippen molar-refractivity contribution in [3.8, 4) is 0 Å². The van der Waals surface area contributed by atoms with E-state index in [2.05, 4.69) is 22.5 Å². The first-order chi connectivity index (χ1) is 5.45. The predicted octanol–water partition coefficient (Wildman–Crippen LogP) is 1.49. The number of hydrogen-bond donors (Lipinski definition) is 1. The molecule has 0 aromatic rings. The molecule has 2 nitrogen and oxygen atoms in total. The lowest BCUT2D eigenvalue weighted by molar-refractivity contribution is 0.648. The average molecular weight is 150 g/mol. The Morgan fingerprint density at radius 3 is 2.82 bits per heavy atom. The van der Waals surface area contributed by atoms with Crippen LogP contribution < -0.4 is 5.32 Å². The molecule has 0 aromatic carbocycles. The van der Waals surface area contributed by atoms with E-state index >= 15 is 0 Å². The first-order valence-electron chi connectivity index (χ1n) is 4.40.